The fourth-order valence-corrected chi connectivity index (χ4v) is 2.93. The summed E-state index contributed by atoms with van der Waals surface area (Å²) in [5, 5.41) is 4.08. The maximum Gasteiger partial charge on any atom is 0.247 e. The summed E-state index contributed by atoms with van der Waals surface area (Å²) < 4.78 is 5.15. The average Bonchev–Trinajstić information content (AvgIpc) is 3.16. The number of hydrogen-bond donors (Lipinski definition) is 0. The van der Waals surface area contributed by atoms with Crippen LogP contribution in [0.3, 0.4) is 0 Å². The van der Waals surface area contributed by atoms with Gasteiger partial charge in [0.05, 0.1) is 6.04 Å². The minimum atomic E-state index is 0.0322. The molecule has 0 radical (unpaired) electrons. The molecule has 0 saturated carbocycles. The molecule has 1 aliphatic heterocycles. The second-order valence-corrected chi connectivity index (χ2v) is 5.75. The van der Waals surface area contributed by atoms with Crippen LogP contribution in [-0.4, -0.2) is 22.5 Å². The van der Waals surface area contributed by atoms with Crippen LogP contribution in [0.4, 0.5) is 0 Å². The molecule has 0 bridgehead atoms. The molecule has 2 aromatic rings. The van der Waals surface area contributed by atoms with Gasteiger partial charge in [0.15, 0.2) is 0 Å². The Labute approximate surface area is 130 Å². The topological polar surface area (TPSA) is 46.3 Å². The predicted molar refractivity (Wildman–Crippen MR) is 85.0 cm³/mol. The van der Waals surface area contributed by atoms with Crippen molar-refractivity contribution in [3.63, 3.8) is 0 Å². The van der Waals surface area contributed by atoms with Crippen molar-refractivity contribution in [1.29, 1.82) is 0 Å². The van der Waals surface area contributed by atoms with Gasteiger partial charge in [-0.15, -0.1) is 0 Å². The van der Waals surface area contributed by atoms with Crippen LogP contribution in [-0.2, 0) is 4.79 Å². The Bertz CT molecular complexity index is 688. The number of amides is 1. The van der Waals surface area contributed by atoms with E-state index < -0.39 is 0 Å². The van der Waals surface area contributed by atoms with E-state index in [0.29, 0.717) is 0 Å². The number of carbonyl (C=O) groups excluding carboxylic acids is 1. The molecule has 0 aliphatic carbocycles. The third kappa shape index (κ3) is 2.96. The van der Waals surface area contributed by atoms with E-state index in [1.165, 1.54) is 0 Å². The van der Waals surface area contributed by atoms with Gasteiger partial charge < -0.3 is 9.42 Å². The third-order valence-corrected chi connectivity index (χ3v) is 4.09. The van der Waals surface area contributed by atoms with Crippen molar-refractivity contribution in [3.05, 3.63) is 59.5 Å². The molecular formula is C18H20N2O2. The smallest absolute Gasteiger partial charge is 0.247 e. The lowest BCUT2D eigenvalue weighted by Crippen LogP contribution is -2.29. The number of aromatic nitrogens is 1. The molecule has 1 aliphatic rings. The predicted octanol–water partition coefficient (Wildman–Crippen LogP) is 3.75. The number of allylic oxidation sites excluding steroid dienone is 1. The molecule has 0 N–H and O–H groups in total. The third-order valence-electron chi connectivity index (χ3n) is 4.09. The lowest BCUT2D eigenvalue weighted by atomic mass is 10.1. The van der Waals surface area contributed by atoms with Crippen molar-refractivity contribution in [2.24, 2.45) is 0 Å². The van der Waals surface area contributed by atoms with Crippen molar-refractivity contribution >= 4 is 11.5 Å². The van der Waals surface area contributed by atoms with Gasteiger partial charge in [0.2, 0.25) is 5.91 Å². The van der Waals surface area contributed by atoms with Gasteiger partial charge in [-0.3, -0.25) is 4.79 Å². The highest BCUT2D eigenvalue weighted by atomic mass is 16.5. The minimum Gasteiger partial charge on any atom is -0.361 e. The SMILES string of the molecule is C/C(=C/C(=O)N1CCC[C@@H]1c1cc(C)on1)c1ccccc1. The summed E-state index contributed by atoms with van der Waals surface area (Å²) in [6.45, 7) is 4.61. The summed E-state index contributed by atoms with van der Waals surface area (Å²) in [7, 11) is 0. The van der Waals surface area contributed by atoms with Crippen molar-refractivity contribution in [2.45, 2.75) is 32.7 Å². The Morgan fingerprint density at radius 2 is 2.14 bits per heavy atom. The van der Waals surface area contributed by atoms with Crippen LogP contribution >= 0.6 is 0 Å². The highest BCUT2D eigenvalue weighted by molar-refractivity contribution is 5.95. The first-order valence-corrected chi connectivity index (χ1v) is 7.62. The standard InChI is InChI=1S/C18H20N2O2/c1-13(15-7-4-3-5-8-15)11-18(21)20-10-6-9-17(20)16-12-14(2)22-19-16/h3-5,7-8,11-12,17H,6,9-10H2,1-2H3/b13-11-/t17-/m1/s1. The number of benzene rings is 1. The number of rotatable bonds is 3. The first kappa shape index (κ1) is 14.6. The zero-order valence-electron chi connectivity index (χ0n) is 13.0. The van der Waals surface area contributed by atoms with Crippen LogP contribution in [0.15, 0.2) is 47.0 Å². The first-order chi connectivity index (χ1) is 10.6. The van der Waals surface area contributed by atoms with E-state index in [-0.39, 0.29) is 11.9 Å². The molecule has 22 heavy (non-hydrogen) atoms. The molecule has 1 fully saturated rings. The normalized spacial score (nSPS) is 18.7. The quantitative estimate of drug-likeness (QED) is 0.810. The van der Waals surface area contributed by atoms with Gasteiger partial charge in [-0.05, 0) is 37.8 Å². The van der Waals surface area contributed by atoms with Gasteiger partial charge in [0, 0.05) is 18.7 Å². The van der Waals surface area contributed by atoms with Gasteiger partial charge in [0.1, 0.15) is 11.5 Å². The second-order valence-electron chi connectivity index (χ2n) is 5.75. The molecule has 3 rings (SSSR count). The van der Waals surface area contributed by atoms with Crippen LogP contribution in [0.25, 0.3) is 5.57 Å². The highest BCUT2D eigenvalue weighted by Gasteiger charge is 2.31. The summed E-state index contributed by atoms with van der Waals surface area (Å²) >= 11 is 0. The molecule has 4 nitrogen and oxygen atoms in total. The molecule has 1 saturated heterocycles. The molecule has 4 heteroatoms. The Morgan fingerprint density at radius 1 is 1.36 bits per heavy atom. The van der Waals surface area contributed by atoms with Crippen LogP contribution in [0.1, 0.15) is 42.8 Å². The average molecular weight is 296 g/mol. The molecule has 1 atom stereocenters. The van der Waals surface area contributed by atoms with Gasteiger partial charge in [-0.25, -0.2) is 0 Å². The molecule has 1 aromatic heterocycles. The summed E-state index contributed by atoms with van der Waals surface area (Å²) in [5.74, 6) is 0.829. The van der Waals surface area contributed by atoms with Crippen LogP contribution in [0, 0.1) is 6.92 Å². The van der Waals surface area contributed by atoms with Gasteiger partial charge in [-0.2, -0.15) is 0 Å². The summed E-state index contributed by atoms with van der Waals surface area (Å²) in [6.07, 6.45) is 3.66. The van der Waals surface area contributed by atoms with Gasteiger partial charge >= 0.3 is 0 Å². The highest BCUT2D eigenvalue weighted by Crippen LogP contribution is 2.32. The van der Waals surface area contributed by atoms with Crippen LogP contribution < -0.4 is 0 Å². The number of nitrogens with zero attached hydrogens (tertiary/aromatic N) is 2. The van der Waals surface area contributed by atoms with Crippen molar-refractivity contribution in [1.82, 2.24) is 10.1 Å². The van der Waals surface area contributed by atoms with Crippen LogP contribution in [0.2, 0.25) is 0 Å². The molecule has 1 aromatic carbocycles. The molecular weight excluding hydrogens is 276 g/mol. The zero-order valence-corrected chi connectivity index (χ0v) is 13.0. The van der Waals surface area contributed by atoms with Crippen molar-refractivity contribution in [2.75, 3.05) is 6.54 Å². The second kappa shape index (κ2) is 6.18. The van der Waals surface area contributed by atoms with E-state index in [9.17, 15) is 4.79 Å². The van der Waals surface area contributed by atoms with Crippen LogP contribution in [0.5, 0.6) is 0 Å². The largest absolute Gasteiger partial charge is 0.361 e. The number of hydrogen-bond acceptors (Lipinski definition) is 3. The fraction of sp³-hybridized carbons (Fsp3) is 0.333. The zero-order chi connectivity index (χ0) is 15.5. The summed E-state index contributed by atoms with van der Waals surface area (Å²) in [4.78, 5) is 14.5. The van der Waals surface area contributed by atoms with E-state index in [0.717, 1.165) is 42.0 Å². The van der Waals surface area contributed by atoms with Gasteiger partial charge in [0.25, 0.3) is 0 Å². The van der Waals surface area contributed by atoms with Gasteiger partial charge in [-0.1, -0.05) is 35.5 Å². The number of aryl methyl sites for hydroxylation is 1. The monoisotopic (exact) mass is 296 g/mol. The maximum atomic E-state index is 12.6. The lowest BCUT2D eigenvalue weighted by Gasteiger charge is -2.21. The Kier molecular flexibility index (Phi) is 4.09. The summed E-state index contributed by atoms with van der Waals surface area (Å²) in [6, 6.07) is 11.9. The molecule has 0 unspecified atom stereocenters. The Morgan fingerprint density at radius 3 is 2.82 bits per heavy atom. The fourth-order valence-electron chi connectivity index (χ4n) is 2.93. The van der Waals surface area contributed by atoms with E-state index in [1.54, 1.807) is 6.08 Å². The molecule has 2 heterocycles. The Hall–Kier alpha value is -2.36. The molecule has 0 spiro atoms. The number of carbonyl (C=O) groups is 1. The van der Waals surface area contributed by atoms with E-state index in [1.807, 2.05) is 55.1 Å². The van der Waals surface area contributed by atoms with E-state index in [2.05, 4.69) is 5.16 Å². The lowest BCUT2D eigenvalue weighted by molar-refractivity contribution is -0.126. The van der Waals surface area contributed by atoms with E-state index in [4.69, 9.17) is 4.52 Å². The van der Waals surface area contributed by atoms with Crippen molar-refractivity contribution < 1.29 is 9.32 Å². The minimum absolute atomic E-state index is 0.0322. The Balaban J connectivity index is 1.79. The van der Waals surface area contributed by atoms with E-state index >= 15 is 0 Å². The first-order valence-electron chi connectivity index (χ1n) is 7.62. The molecule has 114 valence electrons. The number of likely N-dealkylation sites (tertiary alicyclic amines) is 1. The maximum absolute atomic E-state index is 12.6. The van der Waals surface area contributed by atoms with Crippen molar-refractivity contribution in [3.8, 4) is 0 Å². The summed E-state index contributed by atoms with van der Waals surface area (Å²) in [5.41, 5.74) is 2.91. The molecule has 1 amide bonds.